The first-order chi connectivity index (χ1) is 10.9. The molecule has 2 aromatic heterocycles. The van der Waals surface area contributed by atoms with Gasteiger partial charge in [-0.1, -0.05) is 19.3 Å². The molecule has 2 nitrogen and oxygen atoms in total. The first-order valence-corrected chi connectivity index (χ1v) is 9.76. The predicted molar refractivity (Wildman–Crippen MR) is 91.9 cm³/mol. The molecule has 1 fully saturated rings. The first-order valence-electron chi connectivity index (χ1n) is 8.94. The van der Waals surface area contributed by atoms with Crippen LogP contribution in [0.5, 0.6) is 0 Å². The number of aromatic nitrogens is 1. The van der Waals surface area contributed by atoms with E-state index in [1.165, 1.54) is 68.5 Å². The minimum Gasteiger partial charge on any atom is -0.310 e. The Morgan fingerprint density at radius 1 is 1.00 bits per heavy atom. The summed E-state index contributed by atoms with van der Waals surface area (Å²) in [5.41, 5.74) is 5.04. The van der Waals surface area contributed by atoms with Crippen molar-refractivity contribution in [2.75, 3.05) is 0 Å². The molecule has 3 heterocycles. The smallest absolute Gasteiger partial charge is 0.104 e. The van der Waals surface area contributed by atoms with Gasteiger partial charge in [0.15, 0.2) is 0 Å². The zero-order valence-corrected chi connectivity index (χ0v) is 14.0. The van der Waals surface area contributed by atoms with Gasteiger partial charge >= 0.3 is 0 Å². The normalized spacial score (nSPS) is 22.7. The third-order valence-corrected chi connectivity index (χ3v) is 7.36. The van der Waals surface area contributed by atoms with Crippen LogP contribution in [0.4, 0.5) is 0 Å². The van der Waals surface area contributed by atoms with Gasteiger partial charge in [-0.2, -0.15) is 0 Å². The molecule has 5 rings (SSSR count). The highest BCUT2D eigenvalue weighted by Crippen LogP contribution is 2.45. The van der Waals surface area contributed by atoms with Crippen molar-refractivity contribution in [3.8, 4) is 5.00 Å². The van der Waals surface area contributed by atoms with Gasteiger partial charge in [-0.15, -0.1) is 11.3 Å². The van der Waals surface area contributed by atoms with Crippen molar-refractivity contribution in [1.29, 1.82) is 0 Å². The van der Waals surface area contributed by atoms with E-state index in [9.17, 15) is 0 Å². The Kier molecular flexibility index (Phi) is 3.02. The molecule has 2 aromatic rings. The Hall–Kier alpha value is -1.06. The molecule has 3 heteroatoms. The molecular weight excluding hydrogens is 288 g/mol. The lowest BCUT2D eigenvalue weighted by molar-refractivity contribution is 0.226. The molecule has 0 radical (unpaired) electrons. The van der Waals surface area contributed by atoms with Crippen molar-refractivity contribution in [2.24, 2.45) is 0 Å². The zero-order chi connectivity index (χ0) is 14.6. The van der Waals surface area contributed by atoms with E-state index in [1.807, 2.05) is 0 Å². The molecule has 0 unspecified atom stereocenters. The second-order valence-electron chi connectivity index (χ2n) is 7.25. The summed E-state index contributed by atoms with van der Waals surface area (Å²) in [7, 11) is 0. The third kappa shape index (κ3) is 1.82. The Labute approximate surface area is 136 Å². The van der Waals surface area contributed by atoms with Crippen LogP contribution in [0.3, 0.4) is 0 Å². The average molecular weight is 312 g/mol. The molecule has 116 valence electrons. The van der Waals surface area contributed by atoms with Crippen molar-refractivity contribution in [2.45, 2.75) is 69.9 Å². The summed E-state index contributed by atoms with van der Waals surface area (Å²) in [4.78, 5) is 1.66. The third-order valence-electron chi connectivity index (χ3n) is 6.03. The predicted octanol–water partition coefficient (Wildman–Crippen LogP) is 4.68. The van der Waals surface area contributed by atoms with E-state index < -0.39 is 0 Å². The molecular formula is C19H24N2S. The van der Waals surface area contributed by atoms with Gasteiger partial charge < -0.3 is 9.88 Å². The highest BCUT2D eigenvalue weighted by molar-refractivity contribution is 7.15. The van der Waals surface area contributed by atoms with Crippen LogP contribution in [0.15, 0.2) is 18.3 Å². The number of fused-ring (bicyclic) bond motifs is 6. The van der Waals surface area contributed by atoms with Crippen molar-refractivity contribution < 1.29 is 0 Å². The van der Waals surface area contributed by atoms with Crippen LogP contribution in [0.2, 0.25) is 0 Å². The summed E-state index contributed by atoms with van der Waals surface area (Å²) in [6.45, 7) is 1.07. The fourth-order valence-electron chi connectivity index (χ4n) is 4.88. The average Bonchev–Trinajstić information content (AvgIpc) is 3.16. The summed E-state index contributed by atoms with van der Waals surface area (Å²) in [5, 5.41) is 5.53. The van der Waals surface area contributed by atoms with Gasteiger partial charge in [0.25, 0.3) is 0 Å². The molecule has 1 aliphatic heterocycles. The Balaban J connectivity index is 1.68. The number of nitrogens with zero attached hydrogens (tertiary/aromatic N) is 1. The molecule has 2 aliphatic carbocycles. The monoisotopic (exact) mass is 312 g/mol. The maximum absolute atomic E-state index is 4.02. The fraction of sp³-hybridized carbons (Fsp3) is 0.579. The number of nitrogens with one attached hydrogen (secondary N) is 1. The summed E-state index contributed by atoms with van der Waals surface area (Å²) in [6, 6.07) is 4.62. The van der Waals surface area contributed by atoms with Crippen LogP contribution < -0.4 is 5.32 Å². The molecule has 1 saturated carbocycles. The van der Waals surface area contributed by atoms with Crippen LogP contribution >= 0.6 is 11.3 Å². The highest BCUT2D eigenvalue weighted by atomic mass is 32.1. The van der Waals surface area contributed by atoms with E-state index in [4.69, 9.17) is 0 Å². The molecule has 0 atom stereocenters. The summed E-state index contributed by atoms with van der Waals surface area (Å²) < 4.78 is 2.53. The zero-order valence-electron chi connectivity index (χ0n) is 13.2. The molecule has 1 N–H and O–H groups in total. The minimum atomic E-state index is 0.224. The molecule has 0 bridgehead atoms. The number of hydrogen-bond donors (Lipinski definition) is 1. The van der Waals surface area contributed by atoms with E-state index >= 15 is 0 Å². The SMILES string of the molecule is c1cc2n(c1)-c1sc3c(c1CNC21CCCCC1)CCCC3. The minimum absolute atomic E-state index is 0.224. The van der Waals surface area contributed by atoms with E-state index in [0.717, 1.165) is 6.54 Å². The van der Waals surface area contributed by atoms with Gasteiger partial charge in [0.05, 0.1) is 5.54 Å². The van der Waals surface area contributed by atoms with Gasteiger partial charge in [-0.25, -0.2) is 0 Å². The largest absolute Gasteiger partial charge is 0.310 e. The standard InChI is InChI=1S/C19H24N2S/c1-4-10-19(11-5-1)17-9-6-12-21(17)18-15(13-20-19)14-7-2-3-8-16(14)22-18/h6,9,12,20H,1-5,7-8,10-11,13H2. The van der Waals surface area contributed by atoms with Crippen LogP contribution in [-0.2, 0) is 24.9 Å². The first kappa shape index (κ1) is 13.4. The Bertz CT molecular complexity index is 703. The van der Waals surface area contributed by atoms with Crippen molar-refractivity contribution >= 4 is 11.3 Å². The molecule has 22 heavy (non-hydrogen) atoms. The van der Waals surface area contributed by atoms with Crippen molar-refractivity contribution in [3.63, 3.8) is 0 Å². The molecule has 0 saturated heterocycles. The van der Waals surface area contributed by atoms with Crippen LogP contribution in [0, 0.1) is 0 Å². The topological polar surface area (TPSA) is 17.0 Å². The number of thiophene rings is 1. The Morgan fingerprint density at radius 3 is 2.77 bits per heavy atom. The van der Waals surface area contributed by atoms with Crippen LogP contribution in [0.1, 0.15) is 66.6 Å². The fourth-order valence-corrected chi connectivity index (χ4v) is 6.28. The molecule has 0 aromatic carbocycles. The second-order valence-corrected chi connectivity index (χ2v) is 8.34. The molecule has 3 aliphatic rings. The van der Waals surface area contributed by atoms with Crippen LogP contribution in [0.25, 0.3) is 5.00 Å². The summed E-state index contributed by atoms with van der Waals surface area (Å²) in [6.07, 6.45) is 14.4. The van der Waals surface area contributed by atoms with Gasteiger partial charge in [0.2, 0.25) is 0 Å². The van der Waals surface area contributed by atoms with Crippen LogP contribution in [-0.4, -0.2) is 4.57 Å². The quantitative estimate of drug-likeness (QED) is 0.747. The molecule has 0 amide bonds. The van der Waals surface area contributed by atoms with E-state index in [-0.39, 0.29) is 5.54 Å². The number of aryl methyl sites for hydroxylation is 1. The summed E-state index contributed by atoms with van der Waals surface area (Å²) >= 11 is 2.07. The van der Waals surface area contributed by atoms with Gasteiger partial charge in [-0.3, -0.25) is 0 Å². The lowest BCUT2D eigenvalue weighted by atomic mass is 9.79. The highest BCUT2D eigenvalue weighted by Gasteiger charge is 2.39. The number of hydrogen-bond acceptors (Lipinski definition) is 2. The van der Waals surface area contributed by atoms with Gasteiger partial charge in [0.1, 0.15) is 5.00 Å². The summed E-state index contributed by atoms with van der Waals surface area (Å²) in [5.74, 6) is 0. The van der Waals surface area contributed by atoms with E-state index in [1.54, 1.807) is 16.0 Å². The lowest BCUT2D eigenvalue weighted by Crippen LogP contribution is -2.43. The van der Waals surface area contributed by atoms with E-state index in [2.05, 4.69) is 39.6 Å². The van der Waals surface area contributed by atoms with Crippen molar-refractivity contribution in [3.05, 3.63) is 40.0 Å². The van der Waals surface area contributed by atoms with Crippen molar-refractivity contribution in [1.82, 2.24) is 9.88 Å². The Morgan fingerprint density at radius 2 is 1.86 bits per heavy atom. The number of rotatable bonds is 0. The maximum Gasteiger partial charge on any atom is 0.104 e. The molecule has 1 spiro atoms. The lowest BCUT2D eigenvalue weighted by Gasteiger charge is -2.38. The second kappa shape index (κ2) is 4.97. The van der Waals surface area contributed by atoms with E-state index in [0.29, 0.717) is 0 Å². The van der Waals surface area contributed by atoms with Gasteiger partial charge in [0, 0.05) is 28.9 Å². The van der Waals surface area contributed by atoms with Gasteiger partial charge in [-0.05, 0) is 56.2 Å². The maximum atomic E-state index is 4.02.